The number of thioether (sulfide) groups is 1. The van der Waals surface area contributed by atoms with Gasteiger partial charge in [-0.25, -0.2) is 13.8 Å². The van der Waals surface area contributed by atoms with E-state index in [1.165, 1.54) is 16.8 Å². The Labute approximate surface area is 165 Å². The second-order valence-electron chi connectivity index (χ2n) is 6.61. The summed E-state index contributed by atoms with van der Waals surface area (Å²) in [5.74, 6) is -0.691. The van der Waals surface area contributed by atoms with E-state index in [9.17, 15) is 13.6 Å². The number of hydrazone groups is 1. The van der Waals surface area contributed by atoms with Crippen molar-refractivity contribution < 1.29 is 18.3 Å². The fourth-order valence-electron chi connectivity index (χ4n) is 3.46. The molecular weight excluding hydrogens is 384 g/mol. The number of para-hydroxylation sites is 1. The van der Waals surface area contributed by atoms with Gasteiger partial charge in [0.2, 0.25) is 5.91 Å². The second-order valence-corrected chi connectivity index (χ2v) is 7.87. The normalized spacial score (nSPS) is 20.7. The Morgan fingerprint density at radius 1 is 1.29 bits per heavy atom. The fourth-order valence-corrected chi connectivity index (χ4v) is 4.86. The molecule has 2 aliphatic rings. The molecule has 2 aliphatic heterocycles. The van der Waals surface area contributed by atoms with E-state index >= 15 is 0 Å². The molecule has 2 N–H and O–H groups in total. The van der Waals surface area contributed by atoms with Crippen molar-refractivity contribution in [1.29, 1.82) is 0 Å². The number of carbonyl (C=O) groups excluding carboxylic acids is 1. The number of amides is 1. The van der Waals surface area contributed by atoms with Gasteiger partial charge >= 0.3 is 0 Å². The van der Waals surface area contributed by atoms with E-state index in [2.05, 4.69) is 5.10 Å². The van der Waals surface area contributed by atoms with Crippen molar-refractivity contribution in [3.8, 4) is 5.75 Å². The quantitative estimate of drug-likeness (QED) is 0.847. The van der Waals surface area contributed by atoms with E-state index < -0.39 is 16.5 Å². The molecule has 28 heavy (non-hydrogen) atoms. The Hall–Kier alpha value is -2.45. The van der Waals surface area contributed by atoms with Gasteiger partial charge in [-0.05, 0) is 37.2 Å². The molecule has 0 bridgehead atoms. The molecule has 8 heteroatoms. The van der Waals surface area contributed by atoms with E-state index in [4.69, 9.17) is 10.5 Å². The average Bonchev–Trinajstić information content (AvgIpc) is 3.08. The van der Waals surface area contributed by atoms with E-state index in [0.717, 1.165) is 23.8 Å². The number of hydrogen-bond acceptors (Lipinski definition) is 5. The molecule has 0 saturated carbocycles. The SMILES string of the molecule is NCCCC(=O)N1N=C(c2cc(F)ccc2F)S[C@]12CCOc1ccccc12. The minimum atomic E-state index is -0.853. The maximum atomic E-state index is 14.4. The van der Waals surface area contributed by atoms with Crippen LogP contribution in [0.5, 0.6) is 5.75 Å². The number of rotatable bonds is 4. The summed E-state index contributed by atoms with van der Waals surface area (Å²) < 4.78 is 33.9. The number of halogens is 2. The molecule has 1 spiro atoms. The van der Waals surface area contributed by atoms with Crippen LogP contribution in [0.4, 0.5) is 8.78 Å². The molecule has 0 radical (unpaired) electrons. The van der Waals surface area contributed by atoms with Crippen molar-refractivity contribution in [3.05, 3.63) is 65.2 Å². The molecule has 5 nitrogen and oxygen atoms in total. The van der Waals surface area contributed by atoms with Crippen LogP contribution < -0.4 is 10.5 Å². The lowest BCUT2D eigenvalue weighted by molar-refractivity contribution is -0.135. The molecule has 146 valence electrons. The number of nitrogens with zero attached hydrogens (tertiary/aromatic N) is 2. The molecule has 0 unspecified atom stereocenters. The van der Waals surface area contributed by atoms with Gasteiger partial charge in [0.15, 0.2) is 0 Å². The minimum absolute atomic E-state index is 0.0440. The van der Waals surface area contributed by atoms with E-state index in [1.807, 2.05) is 24.3 Å². The summed E-state index contributed by atoms with van der Waals surface area (Å²) in [6.07, 6.45) is 1.23. The zero-order valence-electron chi connectivity index (χ0n) is 15.0. The van der Waals surface area contributed by atoms with Crippen LogP contribution in [0.1, 0.15) is 30.4 Å². The summed E-state index contributed by atoms with van der Waals surface area (Å²) in [6, 6.07) is 10.7. The third-order valence-corrected chi connectivity index (χ3v) is 6.22. The molecule has 2 aromatic rings. The fraction of sp³-hybridized carbons (Fsp3) is 0.300. The highest BCUT2D eigenvalue weighted by molar-refractivity contribution is 8.15. The molecule has 0 aromatic heterocycles. The highest BCUT2D eigenvalue weighted by Gasteiger charge is 2.51. The molecule has 0 saturated heterocycles. The van der Waals surface area contributed by atoms with Crippen LogP contribution >= 0.6 is 11.8 Å². The highest BCUT2D eigenvalue weighted by atomic mass is 32.2. The van der Waals surface area contributed by atoms with Crippen molar-refractivity contribution in [2.45, 2.75) is 24.1 Å². The maximum Gasteiger partial charge on any atom is 0.244 e. The van der Waals surface area contributed by atoms with Gasteiger partial charge in [0.25, 0.3) is 0 Å². The first kappa shape index (κ1) is 18.9. The first-order valence-electron chi connectivity index (χ1n) is 9.03. The Morgan fingerprint density at radius 3 is 2.93 bits per heavy atom. The molecule has 1 amide bonds. The largest absolute Gasteiger partial charge is 0.493 e. The van der Waals surface area contributed by atoms with Gasteiger partial charge in [-0.2, -0.15) is 5.10 Å². The molecule has 4 rings (SSSR count). The van der Waals surface area contributed by atoms with Crippen LogP contribution in [0.2, 0.25) is 0 Å². The third-order valence-electron chi connectivity index (χ3n) is 4.79. The smallest absolute Gasteiger partial charge is 0.244 e. The number of nitrogens with two attached hydrogens (primary N) is 1. The lowest BCUT2D eigenvalue weighted by atomic mass is 9.98. The van der Waals surface area contributed by atoms with Gasteiger partial charge in [-0.1, -0.05) is 30.0 Å². The first-order valence-corrected chi connectivity index (χ1v) is 9.85. The van der Waals surface area contributed by atoms with Gasteiger partial charge in [0, 0.05) is 24.0 Å². The van der Waals surface area contributed by atoms with Gasteiger partial charge in [-0.15, -0.1) is 0 Å². The van der Waals surface area contributed by atoms with Crippen molar-refractivity contribution >= 4 is 22.7 Å². The summed E-state index contributed by atoms with van der Waals surface area (Å²) in [6.45, 7) is 0.771. The minimum Gasteiger partial charge on any atom is -0.493 e. The number of benzene rings is 2. The Kier molecular flexibility index (Phi) is 5.07. The molecule has 0 fully saturated rings. The van der Waals surface area contributed by atoms with Crippen LogP contribution in [0, 0.1) is 11.6 Å². The first-order chi connectivity index (χ1) is 13.5. The maximum absolute atomic E-state index is 14.4. The molecular formula is C20H19F2N3O2S. The zero-order valence-corrected chi connectivity index (χ0v) is 15.8. The predicted octanol–water partition coefficient (Wildman–Crippen LogP) is 3.58. The highest BCUT2D eigenvalue weighted by Crippen LogP contribution is 2.54. The molecule has 1 atom stereocenters. The van der Waals surface area contributed by atoms with Crippen molar-refractivity contribution in [2.24, 2.45) is 10.8 Å². The van der Waals surface area contributed by atoms with E-state index in [1.54, 1.807) is 0 Å². The van der Waals surface area contributed by atoms with Crippen LogP contribution in [-0.4, -0.2) is 29.1 Å². The number of carbonyl (C=O) groups is 1. The van der Waals surface area contributed by atoms with E-state index in [-0.39, 0.29) is 22.9 Å². The number of fused-ring (bicyclic) bond motifs is 2. The van der Waals surface area contributed by atoms with Gasteiger partial charge in [0.05, 0.1) is 6.61 Å². The standard InChI is InChI=1S/C20H19F2N3O2S/c21-13-7-8-16(22)14(12-13)19-24-25(18(26)6-3-10-23)20(28-19)9-11-27-17-5-2-1-4-15(17)20/h1-2,4-5,7-8,12H,3,6,9-11,23H2/t20-/m0/s1. The number of ether oxygens (including phenoxy) is 1. The van der Waals surface area contributed by atoms with Crippen molar-refractivity contribution in [2.75, 3.05) is 13.2 Å². The van der Waals surface area contributed by atoms with E-state index in [0.29, 0.717) is 31.7 Å². The summed E-state index contributed by atoms with van der Waals surface area (Å²) in [5, 5.41) is 6.13. The summed E-state index contributed by atoms with van der Waals surface area (Å²) in [5.41, 5.74) is 6.39. The Bertz CT molecular complexity index is 953. The van der Waals surface area contributed by atoms with Gasteiger partial charge < -0.3 is 10.5 Å². The lowest BCUT2D eigenvalue weighted by Crippen LogP contribution is -2.44. The monoisotopic (exact) mass is 403 g/mol. The van der Waals surface area contributed by atoms with Crippen LogP contribution in [0.25, 0.3) is 0 Å². The zero-order chi connectivity index (χ0) is 19.7. The second kappa shape index (κ2) is 7.52. The number of hydrogen-bond donors (Lipinski definition) is 1. The molecule has 2 heterocycles. The van der Waals surface area contributed by atoms with Gasteiger partial charge in [-0.3, -0.25) is 4.79 Å². The van der Waals surface area contributed by atoms with Gasteiger partial charge in [0.1, 0.15) is 27.3 Å². The van der Waals surface area contributed by atoms with Crippen molar-refractivity contribution in [1.82, 2.24) is 5.01 Å². The lowest BCUT2D eigenvalue weighted by Gasteiger charge is -2.39. The summed E-state index contributed by atoms with van der Waals surface area (Å²) >= 11 is 1.26. The van der Waals surface area contributed by atoms with Crippen LogP contribution in [0.15, 0.2) is 47.6 Å². The summed E-state index contributed by atoms with van der Waals surface area (Å²) in [4.78, 5) is 12.1. The topological polar surface area (TPSA) is 67.9 Å². The average molecular weight is 403 g/mol. The van der Waals surface area contributed by atoms with Crippen molar-refractivity contribution in [3.63, 3.8) is 0 Å². The molecule has 2 aromatic carbocycles. The summed E-state index contributed by atoms with van der Waals surface area (Å²) in [7, 11) is 0. The third kappa shape index (κ3) is 3.16. The van der Waals surface area contributed by atoms with Crippen LogP contribution in [0.3, 0.4) is 0 Å². The Morgan fingerprint density at radius 2 is 2.11 bits per heavy atom. The van der Waals surface area contributed by atoms with Crippen LogP contribution in [-0.2, 0) is 9.67 Å². The Balaban J connectivity index is 1.81. The predicted molar refractivity (Wildman–Crippen MR) is 104 cm³/mol. The molecule has 0 aliphatic carbocycles.